The first-order valence-electron chi connectivity index (χ1n) is 8.07. The Morgan fingerprint density at radius 2 is 1.56 bits per heavy atom. The van der Waals surface area contributed by atoms with E-state index in [-0.39, 0.29) is 18.0 Å². The summed E-state index contributed by atoms with van der Waals surface area (Å²) < 4.78 is 4.55. The number of hydrogen-bond acceptors (Lipinski definition) is 3. The first-order chi connectivity index (χ1) is 12.0. The molecule has 6 nitrogen and oxygen atoms in total. The molecule has 0 aliphatic heterocycles. The molecule has 0 saturated carbocycles. The maximum atomic E-state index is 12.4. The summed E-state index contributed by atoms with van der Waals surface area (Å²) >= 11 is 0. The molecule has 1 unspecified atom stereocenters. The highest BCUT2D eigenvalue weighted by Gasteiger charge is 2.18. The van der Waals surface area contributed by atoms with Crippen LogP contribution in [0.25, 0.3) is 0 Å². The minimum atomic E-state index is -0.564. The van der Waals surface area contributed by atoms with Crippen molar-refractivity contribution in [3.05, 3.63) is 60.2 Å². The first-order valence-corrected chi connectivity index (χ1v) is 8.07. The molecule has 0 aliphatic carbocycles. The summed E-state index contributed by atoms with van der Waals surface area (Å²) in [6.07, 6.45) is -0.564. The van der Waals surface area contributed by atoms with Crippen LogP contribution in [-0.2, 0) is 4.74 Å². The van der Waals surface area contributed by atoms with Crippen LogP contribution in [0, 0.1) is 5.92 Å². The monoisotopic (exact) mass is 341 g/mol. The second-order valence-corrected chi connectivity index (χ2v) is 5.93. The molecule has 0 aromatic heterocycles. The molecule has 2 aromatic rings. The van der Waals surface area contributed by atoms with E-state index >= 15 is 0 Å². The summed E-state index contributed by atoms with van der Waals surface area (Å²) in [5.74, 6) is 0.237. The van der Waals surface area contributed by atoms with E-state index in [0.29, 0.717) is 11.4 Å². The van der Waals surface area contributed by atoms with Crippen molar-refractivity contribution < 1.29 is 14.3 Å². The van der Waals surface area contributed by atoms with Gasteiger partial charge in [0, 0.05) is 11.4 Å². The number of carbonyl (C=O) groups is 2. The highest BCUT2D eigenvalue weighted by molar-refractivity contribution is 5.91. The summed E-state index contributed by atoms with van der Waals surface area (Å²) in [5, 5.41) is 8.33. The van der Waals surface area contributed by atoms with Crippen molar-refractivity contribution in [3.8, 4) is 0 Å². The number of carbonyl (C=O) groups excluding carboxylic acids is 2. The maximum Gasteiger partial charge on any atom is 0.411 e. The van der Waals surface area contributed by atoms with Gasteiger partial charge in [-0.05, 0) is 29.7 Å². The van der Waals surface area contributed by atoms with Crippen LogP contribution in [0.4, 0.5) is 21.0 Å². The van der Waals surface area contributed by atoms with Crippen molar-refractivity contribution in [2.24, 2.45) is 5.92 Å². The van der Waals surface area contributed by atoms with Gasteiger partial charge in [-0.1, -0.05) is 50.2 Å². The minimum absolute atomic E-state index is 0.0995. The summed E-state index contributed by atoms with van der Waals surface area (Å²) in [5.41, 5.74) is 2.16. The van der Waals surface area contributed by atoms with E-state index in [1.807, 2.05) is 30.3 Å². The van der Waals surface area contributed by atoms with Gasteiger partial charge in [-0.3, -0.25) is 5.32 Å². The number of urea groups is 1. The van der Waals surface area contributed by atoms with Crippen molar-refractivity contribution in [2.75, 3.05) is 17.7 Å². The third kappa shape index (κ3) is 5.53. The lowest BCUT2D eigenvalue weighted by Gasteiger charge is -2.23. The van der Waals surface area contributed by atoms with Gasteiger partial charge in [-0.2, -0.15) is 0 Å². The van der Waals surface area contributed by atoms with Crippen LogP contribution in [0.2, 0.25) is 0 Å². The zero-order valence-electron chi connectivity index (χ0n) is 14.6. The topological polar surface area (TPSA) is 79.5 Å². The van der Waals surface area contributed by atoms with Crippen LogP contribution < -0.4 is 16.0 Å². The molecule has 0 aliphatic rings. The van der Waals surface area contributed by atoms with E-state index in [2.05, 4.69) is 34.5 Å². The first kappa shape index (κ1) is 18.3. The van der Waals surface area contributed by atoms with Crippen LogP contribution in [0.15, 0.2) is 54.6 Å². The van der Waals surface area contributed by atoms with Gasteiger partial charge >= 0.3 is 12.1 Å². The molecular weight excluding hydrogens is 318 g/mol. The molecule has 132 valence electrons. The molecule has 1 atom stereocenters. The number of methoxy groups -OCH3 is 1. The van der Waals surface area contributed by atoms with Gasteiger partial charge in [-0.15, -0.1) is 0 Å². The van der Waals surface area contributed by atoms with Gasteiger partial charge in [0.15, 0.2) is 0 Å². The highest BCUT2D eigenvalue weighted by atomic mass is 16.5. The lowest BCUT2D eigenvalue weighted by molar-refractivity contribution is 0.187. The number of benzene rings is 2. The van der Waals surface area contributed by atoms with Crippen LogP contribution in [0.5, 0.6) is 0 Å². The predicted octanol–water partition coefficient (Wildman–Crippen LogP) is 4.38. The fourth-order valence-corrected chi connectivity index (χ4v) is 2.45. The fourth-order valence-electron chi connectivity index (χ4n) is 2.45. The molecule has 0 spiro atoms. The smallest absolute Gasteiger partial charge is 0.411 e. The van der Waals surface area contributed by atoms with Crippen molar-refractivity contribution in [2.45, 2.75) is 19.9 Å². The average Bonchev–Trinajstić information content (AvgIpc) is 2.60. The third-order valence-corrected chi connectivity index (χ3v) is 3.66. The minimum Gasteiger partial charge on any atom is -0.453 e. The molecule has 0 bridgehead atoms. The fraction of sp³-hybridized carbons (Fsp3) is 0.263. The lowest BCUT2D eigenvalue weighted by atomic mass is 9.96. The molecule has 25 heavy (non-hydrogen) atoms. The van der Waals surface area contributed by atoms with Crippen LogP contribution in [-0.4, -0.2) is 19.2 Å². The average molecular weight is 341 g/mol. The Morgan fingerprint density at radius 1 is 0.920 bits per heavy atom. The summed E-state index contributed by atoms with van der Waals surface area (Å²) in [6.45, 7) is 4.11. The molecule has 6 heteroatoms. The SMILES string of the molecule is COC(=O)Nc1cccc(NC(=O)NC(c2ccccc2)C(C)C)c1. The molecule has 3 N–H and O–H groups in total. The Morgan fingerprint density at radius 3 is 2.16 bits per heavy atom. The van der Waals surface area contributed by atoms with E-state index in [1.165, 1.54) is 7.11 Å². The molecular formula is C19H23N3O3. The van der Waals surface area contributed by atoms with E-state index in [9.17, 15) is 9.59 Å². The van der Waals surface area contributed by atoms with Crippen LogP contribution >= 0.6 is 0 Å². The Labute approximate surface area is 147 Å². The number of hydrogen-bond donors (Lipinski definition) is 3. The summed E-state index contributed by atoms with van der Waals surface area (Å²) in [4.78, 5) is 23.6. The van der Waals surface area contributed by atoms with E-state index in [1.54, 1.807) is 24.3 Å². The molecule has 3 amide bonds. The van der Waals surface area contributed by atoms with E-state index < -0.39 is 6.09 Å². The van der Waals surface area contributed by atoms with Gasteiger partial charge in [-0.25, -0.2) is 9.59 Å². The van der Waals surface area contributed by atoms with E-state index in [4.69, 9.17) is 0 Å². The Balaban J connectivity index is 2.03. The second kappa shape index (κ2) is 8.73. The normalized spacial score (nSPS) is 11.5. The highest BCUT2D eigenvalue weighted by Crippen LogP contribution is 2.22. The zero-order chi connectivity index (χ0) is 18.2. The standard InChI is InChI=1S/C19H23N3O3/c1-13(2)17(14-8-5-4-6-9-14)22-18(23)20-15-10-7-11-16(12-15)21-19(24)25-3/h4-13,17H,1-3H3,(H,21,24)(H2,20,22,23). The number of nitrogens with one attached hydrogen (secondary N) is 3. The Kier molecular flexibility index (Phi) is 6.39. The summed E-state index contributed by atoms with van der Waals surface area (Å²) in [6, 6.07) is 16.3. The van der Waals surface area contributed by atoms with Crippen molar-refractivity contribution in [1.29, 1.82) is 0 Å². The molecule has 0 fully saturated rings. The quantitative estimate of drug-likeness (QED) is 0.755. The van der Waals surface area contributed by atoms with Crippen LogP contribution in [0.3, 0.4) is 0 Å². The number of anilines is 2. The van der Waals surface area contributed by atoms with Crippen molar-refractivity contribution >= 4 is 23.5 Å². The van der Waals surface area contributed by atoms with Gasteiger partial charge in [0.1, 0.15) is 0 Å². The number of ether oxygens (including phenoxy) is 1. The molecule has 2 aromatic carbocycles. The number of amides is 3. The molecule has 0 saturated heterocycles. The largest absolute Gasteiger partial charge is 0.453 e. The molecule has 0 heterocycles. The van der Waals surface area contributed by atoms with E-state index in [0.717, 1.165) is 5.56 Å². The summed E-state index contributed by atoms with van der Waals surface area (Å²) in [7, 11) is 1.29. The van der Waals surface area contributed by atoms with Crippen molar-refractivity contribution in [1.82, 2.24) is 5.32 Å². The predicted molar refractivity (Wildman–Crippen MR) is 98.6 cm³/mol. The van der Waals surface area contributed by atoms with Gasteiger partial charge in [0.05, 0.1) is 13.2 Å². The lowest BCUT2D eigenvalue weighted by Crippen LogP contribution is -2.35. The molecule has 2 rings (SSSR count). The maximum absolute atomic E-state index is 12.4. The van der Waals surface area contributed by atoms with Gasteiger partial charge < -0.3 is 15.4 Å². The van der Waals surface area contributed by atoms with Gasteiger partial charge in [0.2, 0.25) is 0 Å². The Hall–Kier alpha value is -3.02. The van der Waals surface area contributed by atoms with Crippen LogP contribution in [0.1, 0.15) is 25.5 Å². The Bertz CT molecular complexity index is 717. The number of rotatable bonds is 5. The van der Waals surface area contributed by atoms with Gasteiger partial charge in [0.25, 0.3) is 0 Å². The second-order valence-electron chi connectivity index (χ2n) is 5.93. The van der Waals surface area contributed by atoms with Crippen molar-refractivity contribution in [3.63, 3.8) is 0 Å². The zero-order valence-corrected chi connectivity index (χ0v) is 14.6. The molecule has 0 radical (unpaired) electrons. The third-order valence-electron chi connectivity index (χ3n) is 3.66.